The molecule has 1 aromatic carbocycles. The van der Waals surface area contributed by atoms with Gasteiger partial charge in [-0.05, 0) is 23.1 Å². The molecule has 0 bridgehead atoms. The van der Waals surface area contributed by atoms with E-state index >= 15 is 0 Å². The molecule has 0 aliphatic rings. The van der Waals surface area contributed by atoms with E-state index < -0.39 is 16.0 Å². The van der Waals surface area contributed by atoms with Crippen molar-refractivity contribution in [2.24, 2.45) is 0 Å². The van der Waals surface area contributed by atoms with Gasteiger partial charge in [0.1, 0.15) is 9.77 Å². The summed E-state index contributed by atoms with van der Waals surface area (Å²) in [6, 6.07) is 8.20. The lowest BCUT2D eigenvalue weighted by Gasteiger charge is -2.17. The van der Waals surface area contributed by atoms with Crippen LogP contribution in [0.4, 0.5) is 0 Å². The highest BCUT2D eigenvalue weighted by Gasteiger charge is 2.28. The zero-order valence-corrected chi connectivity index (χ0v) is 13.4. The van der Waals surface area contributed by atoms with Crippen molar-refractivity contribution in [3.63, 3.8) is 0 Å². The fourth-order valence-corrected chi connectivity index (χ4v) is 4.35. The van der Waals surface area contributed by atoms with Gasteiger partial charge in [-0.1, -0.05) is 29.8 Å². The number of halogens is 1. The van der Waals surface area contributed by atoms with Crippen LogP contribution in [0.25, 0.3) is 0 Å². The lowest BCUT2D eigenvalue weighted by atomic mass is 10.2. The van der Waals surface area contributed by atoms with Crippen LogP contribution in [-0.2, 0) is 16.6 Å². The number of benzene rings is 1. The predicted molar refractivity (Wildman–Crippen MR) is 81.4 cm³/mol. The zero-order valence-electron chi connectivity index (χ0n) is 11.0. The summed E-state index contributed by atoms with van der Waals surface area (Å²) in [6.45, 7) is 0.0664. The van der Waals surface area contributed by atoms with Gasteiger partial charge in [0, 0.05) is 18.6 Å². The number of hydrogen-bond acceptors (Lipinski definition) is 4. The Morgan fingerprint density at radius 2 is 2.00 bits per heavy atom. The van der Waals surface area contributed by atoms with Crippen LogP contribution < -0.4 is 0 Å². The quantitative estimate of drug-likeness (QED) is 0.904. The van der Waals surface area contributed by atoms with E-state index in [2.05, 4.69) is 0 Å². The molecule has 0 aliphatic heterocycles. The smallest absolute Gasteiger partial charge is 0.347 e. The third-order valence-corrected chi connectivity index (χ3v) is 6.11. The topological polar surface area (TPSA) is 74.7 Å². The van der Waals surface area contributed by atoms with Gasteiger partial charge in [-0.25, -0.2) is 13.2 Å². The van der Waals surface area contributed by atoms with Crippen LogP contribution >= 0.6 is 22.9 Å². The Kier molecular flexibility index (Phi) is 4.67. The summed E-state index contributed by atoms with van der Waals surface area (Å²) in [5.74, 6) is -1.25. The molecule has 0 amide bonds. The Morgan fingerprint density at radius 3 is 2.62 bits per heavy atom. The van der Waals surface area contributed by atoms with Crippen molar-refractivity contribution in [2.75, 3.05) is 7.05 Å². The summed E-state index contributed by atoms with van der Waals surface area (Å²) in [4.78, 5) is 10.7. The molecule has 0 atom stereocenters. The van der Waals surface area contributed by atoms with Gasteiger partial charge in [0.15, 0.2) is 0 Å². The molecule has 2 aromatic rings. The van der Waals surface area contributed by atoms with E-state index in [0.29, 0.717) is 10.6 Å². The first-order valence-corrected chi connectivity index (χ1v) is 8.54. The van der Waals surface area contributed by atoms with Crippen LogP contribution in [0, 0.1) is 0 Å². The van der Waals surface area contributed by atoms with Gasteiger partial charge in [-0.2, -0.15) is 4.31 Å². The van der Waals surface area contributed by atoms with Gasteiger partial charge in [-0.3, -0.25) is 0 Å². The molecule has 0 radical (unpaired) electrons. The molecule has 21 heavy (non-hydrogen) atoms. The maximum absolute atomic E-state index is 12.5. The number of aromatic carboxylic acids is 1. The number of hydrogen-bond donors (Lipinski definition) is 1. The Bertz CT molecular complexity index is 770. The molecule has 0 unspecified atom stereocenters. The van der Waals surface area contributed by atoms with Crippen LogP contribution in [0.3, 0.4) is 0 Å². The first kappa shape index (κ1) is 16.0. The molecule has 0 aliphatic carbocycles. The molecule has 0 fully saturated rings. The molecule has 112 valence electrons. The van der Waals surface area contributed by atoms with Gasteiger partial charge >= 0.3 is 5.97 Å². The average molecular weight is 346 g/mol. The van der Waals surface area contributed by atoms with Crippen molar-refractivity contribution in [2.45, 2.75) is 11.4 Å². The van der Waals surface area contributed by atoms with Crippen molar-refractivity contribution >= 4 is 38.9 Å². The molecule has 1 N–H and O–H groups in total. The summed E-state index contributed by atoms with van der Waals surface area (Å²) in [6.07, 6.45) is 0. The largest absolute Gasteiger partial charge is 0.477 e. The highest BCUT2D eigenvalue weighted by molar-refractivity contribution is 7.89. The van der Waals surface area contributed by atoms with Crippen LogP contribution in [0.15, 0.2) is 40.6 Å². The van der Waals surface area contributed by atoms with Crippen molar-refractivity contribution in [3.8, 4) is 0 Å². The van der Waals surface area contributed by atoms with E-state index in [1.54, 1.807) is 24.3 Å². The Balaban J connectivity index is 2.33. The summed E-state index contributed by atoms with van der Waals surface area (Å²) < 4.78 is 26.0. The number of carboxylic acid groups (broad SMARTS) is 1. The third kappa shape index (κ3) is 3.26. The minimum Gasteiger partial charge on any atom is -0.477 e. The summed E-state index contributed by atoms with van der Waals surface area (Å²) in [7, 11) is -2.49. The summed E-state index contributed by atoms with van der Waals surface area (Å²) >= 11 is 6.89. The van der Waals surface area contributed by atoms with E-state index in [1.165, 1.54) is 18.5 Å². The van der Waals surface area contributed by atoms with Crippen LogP contribution in [0.5, 0.6) is 0 Å². The number of sulfonamides is 1. The second kappa shape index (κ2) is 6.15. The highest BCUT2D eigenvalue weighted by Crippen LogP contribution is 2.26. The summed E-state index contributed by atoms with van der Waals surface area (Å²) in [5, 5.41) is 10.9. The van der Waals surface area contributed by atoms with E-state index in [4.69, 9.17) is 16.7 Å². The van der Waals surface area contributed by atoms with E-state index in [-0.39, 0.29) is 16.3 Å². The fourth-order valence-electron chi connectivity index (χ4n) is 1.78. The Labute approximate surface area is 131 Å². The number of thiophene rings is 1. The third-order valence-electron chi connectivity index (χ3n) is 2.86. The lowest BCUT2D eigenvalue weighted by Crippen LogP contribution is -2.27. The molecule has 2 rings (SSSR count). The number of nitrogens with zero attached hydrogens (tertiary/aromatic N) is 1. The molecular formula is C13H12ClNO4S2. The van der Waals surface area contributed by atoms with Crippen LogP contribution in [0.2, 0.25) is 5.02 Å². The molecule has 0 saturated heterocycles. The molecule has 0 spiro atoms. The Hall–Kier alpha value is -1.41. The monoisotopic (exact) mass is 345 g/mol. The van der Waals surface area contributed by atoms with E-state index in [9.17, 15) is 13.2 Å². The molecule has 1 aromatic heterocycles. The molecule has 1 heterocycles. The highest BCUT2D eigenvalue weighted by atomic mass is 35.5. The van der Waals surface area contributed by atoms with Crippen molar-refractivity contribution in [1.82, 2.24) is 4.31 Å². The van der Waals surface area contributed by atoms with Gasteiger partial charge in [-0.15, -0.1) is 11.3 Å². The molecule has 0 saturated carbocycles. The van der Waals surface area contributed by atoms with E-state index in [0.717, 1.165) is 15.6 Å². The van der Waals surface area contributed by atoms with Gasteiger partial charge in [0.25, 0.3) is 0 Å². The van der Waals surface area contributed by atoms with Gasteiger partial charge < -0.3 is 5.11 Å². The predicted octanol–water partition coefficient (Wildman–Crippen LogP) is 2.92. The normalized spacial score (nSPS) is 11.8. The SMILES string of the molecule is CN(Cc1ccccc1Cl)S(=O)(=O)c1ccsc1C(=O)O. The maximum atomic E-state index is 12.5. The van der Waals surface area contributed by atoms with Crippen molar-refractivity contribution < 1.29 is 18.3 Å². The molecular weight excluding hydrogens is 334 g/mol. The minimum atomic E-state index is -3.88. The lowest BCUT2D eigenvalue weighted by molar-refractivity contribution is 0.0698. The second-order valence-corrected chi connectivity index (χ2v) is 7.61. The fraction of sp³-hybridized carbons (Fsp3) is 0.154. The summed E-state index contributed by atoms with van der Waals surface area (Å²) in [5.41, 5.74) is 0.650. The van der Waals surface area contributed by atoms with Crippen LogP contribution in [-0.4, -0.2) is 30.8 Å². The zero-order chi connectivity index (χ0) is 15.6. The number of rotatable bonds is 5. The van der Waals surface area contributed by atoms with Gasteiger partial charge in [0.05, 0.1) is 0 Å². The first-order chi connectivity index (χ1) is 9.84. The first-order valence-electron chi connectivity index (χ1n) is 5.84. The number of carboxylic acids is 1. The second-order valence-electron chi connectivity index (χ2n) is 4.27. The number of carbonyl (C=O) groups is 1. The Morgan fingerprint density at radius 1 is 1.33 bits per heavy atom. The molecule has 8 heteroatoms. The van der Waals surface area contributed by atoms with E-state index in [1.807, 2.05) is 0 Å². The minimum absolute atomic E-state index is 0.0664. The van der Waals surface area contributed by atoms with Crippen molar-refractivity contribution in [1.29, 1.82) is 0 Å². The standard InChI is InChI=1S/C13H12ClNO4S2/c1-15(8-9-4-2-3-5-10(9)14)21(18,19)11-6-7-20-12(11)13(16)17/h2-7H,8H2,1H3,(H,16,17). The average Bonchev–Trinajstić information content (AvgIpc) is 2.91. The maximum Gasteiger partial charge on any atom is 0.347 e. The van der Waals surface area contributed by atoms with Crippen LogP contribution in [0.1, 0.15) is 15.2 Å². The van der Waals surface area contributed by atoms with Gasteiger partial charge in [0.2, 0.25) is 10.0 Å². The van der Waals surface area contributed by atoms with Crippen molar-refractivity contribution in [3.05, 3.63) is 51.2 Å². The molecule has 5 nitrogen and oxygen atoms in total.